The molecule has 2 aromatic rings. The Bertz CT molecular complexity index is 799. The van der Waals surface area contributed by atoms with Crippen molar-refractivity contribution < 1.29 is 14.2 Å². The van der Waals surface area contributed by atoms with Crippen molar-refractivity contribution in [1.82, 2.24) is 10.6 Å². The molecule has 2 rings (SSSR count). The lowest BCUT2D eigenvalue weighted by atomic mass is 10.1. The van der Waals surface area contributed by atoms with Crippen LogP contribution in [-0.2, 0) is 29.0 Å². The highest BCUT2D eigenvalue weighted by atomic mass is 127. The second kappa shape index (κ2) is 15.9. The largest absolute Gasteiger partial charge is 0.496 e. The molecule has 0 bridgehead atoms. The number of nitrogens with zero attached hydrogens (tertiary/aromatic N) is 1. The van der Waals surface area contributed by atoms with Crippen LogP contribution in [0.25, 0.3) is 0 Å². The third kappa shape index (κ3) is 10.3. The van der Waals surface area contributed by atoms with Gasteiger partial charge in [0.25, 0.3) is 0 Å². The fourth-order valence-electron chi connectivity index (χ4n) is 3.03. The Balaban J connectivity index is 0.00000480. The number of rotatable bonds is 12. The summed E-state index contributed by atoms with van der Waals surface area (Å²) in [7, 11) is 3.49. The van der Waals surface area contributed by atoms with E-state index in [2.05, 4.69) is 65.0 Å². The van der Waals surface area contributed by atoms with Gasteiger partial charge in [0.05, 0.1) is 26.9 Å². The summed E-state index contributed by atoms with van der Waals surface area (Å²) in [6.07, 6.45) is 0.895. The first kappa shape index (κ1) is 27.2. The number of aliphatic imine (C=N–C) groups is 1. The molecule has 0 heterocycles. The summed E-state index contributed by atoms with van der Waals surface area (Å²) < 4.78 is 16.3. The van der Waals surface area contributed by atoms with Gasteiger partial charge in [-0.3, -0.25) is 4.99 Å². The number of halogens is 1. The zero-order valence-electron chi connectivity index (χ0n) is 19.1. The molecule has 0 atom stereocenters. The second-order valence-corrected chi connectivity index (χ2v) is 6.98. The van der Waals surface area contributed by atoms with Gasteiger partial charge in [-0.05, 0) is 48.6 Å². The summed E-state index contributed by atoms with van der Waals surface area (Å²) in [4.78, 5) is 4.31. The third-order valence-corrected chi connectivity index (χ3v) is 4.70. The number of methoxy groups -OCH3 is 1. The summed E-state index contributed by atoms with van der Waals surface area (Å²) in [5, 5.41) is 6.74. The highest BCUT2D eigenvalue weighted by molar-refractivity contribution is 14.0. The SMILES string of the molecule is CCOCCOCc1cccc(CNC(=NC)NCCc2ccc(C)c(OC)c2)c1.I. The van der Waals surface area contributed by atoms with Crippen LogP contribution in [0.15, 0.2) is 47.5 Å². The van der Waals surface area contributed by atoms with Gasteiger partial charge in [-0.2, -0.15) is 0 Å². The maximum Gasteiger partial charge on any atom is 0.191 e. The summed E-state index contributed by atoms with van der Waals surface area (Å²) in [6, 6.07) is 14.7. The van der Waals surface area contributed by atoms with E-state index in [9.17, 15) is 0 Å². The van der Waals surface area contributed by atoms with E-state index in [1.54, 1.807) is 14.2 Å². The van der Waals surface area contributed by atoms with Crippen LogP contribution in [0.4, 0.5) is 0 Å². The van der Waals surface area contributed by atoms with Crippen LogP contribution < -0.4 is 15.4 Å². The fourth-order valence-corrected chi connectivity index (χ4v) is 3.03. The van der Waals surface area contributed by atoms with Gasteiger partial charge in [0.15, 0.2) is 5.96 Å². The van der Waals surface area contributed by atoms with Crippen molar-refractivity contribution >= 4 is 29.9 Å². The quantitative estimate of drug-likeness (QED) is 0.184. The molecule has 2 aromatic carbocycles. The molecule has 0 aliphatic heterocycles. The highest BCUT2D eigenvalue weighted by Crippen LogP contribution is 2.19. The molecule has 0 aliphatic carbocycles. The molecule has 0 radical (unpaired) electrons. The van der Waals surface area contributed by atoms with Crippen LogP contribution in [0.5, 0.6) is 5.75 Å². The normalized spacial score (nSPS) is 11.0. The molecule has 172 valence electrons. The second-order valence-electron chi connectivity index (χ2n) is 6.98. The van der Waals surface area contributed by atoms with E-state index in [0.717, 1.165) is 42.4 Å². The van der Waals surface area contributed by atoms with Gasteiger partial charge in [-0.15, -0.1) is 24.0 Å². The molecule has 0 saturated carbocycles. The molecule has 0 spiro atoms. The zero-order chi connectivity index (χ0) is 21.6. The number of nitrogens with one attached hydrogen (secondary N) is 2. The smallest absolute Gasteiger partial charge is 0.191 e. The van der Waals surface area contributed by atoms with Gasteiger partial charge >= 0.3 is 0 Å². The van der Waals surface area contributed by atoms with Gasteiger partial charge in [-0.25, -0.2) is 0 Å². The van der Waals surface area contributed by atoms with Crippen LogP contribution in [0.1, 0.15) is 29.2 Å². The molecule has 0 amide bonds. The molecule has 0 aliphatic rings. The van der Waals surface area contributed by atoms with Crippen LogP contribution in [0, 0.1) is 6.92 Å². The van der Waals surface area contributed by atoms with Crippen molar-refractivity contribution in [3.8, 4) is 5.75 Å². The van der Waals surface area contributed by atoms with E-state index in [4.69, 9.17) is 14.2 Å². The van der Waals surface area contributed by atoms with E-state index >= 15 is 0 Å². The van der Waals surface area contributed by atoms with Crippen molar-refractivity contribution in [3.63, 3.8) is 0 Å². The molecule has 2 N–H and O–H groups in total. The predicted molar refractivity (Wildman–Crippen MR) is 138 cm³/mol. The van der Waals surface area contributed by atoms with Gasteiger partial charge < -0.3 is 24.8 Å². The van der Waals surface area contributed by atoms with Crippen molar-refractivity contribution in [3.05, 3.63) is 64.7 Å². The van der Waals surface area contributed by atoms with Crippen molar-refractivity contribution in [2.45, 2.75) is 33.4 Å². The van der Waals surface area contributed by atoms with Crippen LogP contribution >= 0.6 is 24.0 Å². The lowest BCUT2D eigenvalue weighted by Gasteiger charge is -2.13. The minimum Gasteiger partial charge on any atom is -0.496 e. The lowest BCUT2D eigenvalue weighted by Crippen LogP contribution is -2.37. The van der Waals surface area contributed by atoms with Crippen LogP contribution in [-0.4, -0.2) is 46.5 Å². The molecular formula is C24H36IN3O3. The number of ether oxygens (including phenoxy) is 3. The maximum atomic E-state index is 5.65. The standard InChI is InChI=1S/C24H35N3O3.HI/c1-5-29-13-14-30-18-22-8-6-7-21(15-22)17-27-24(25-3)26-12-11-20-10-9-19(2)23(16-20)28-4;/h6-10,15-16H,5,11-14,17-18H2,1-4H3,(H2,25,26,27);1H. The molecule has 0 aromatic heterocycles. The highest BCUT2D eigenvalue weighted by Gasteiger charge is 2.03. The average molecular weight is 541 g/mol. The average Bonchev–Trinajstić information content (AvgIpc) is 2.77. The Kier molecular flexibility index (Phi) is 13.9. The van der Waals surface area contributed by atoms with Gasteiger partial charge in [0, 0.05) is 26.7 Å². The van der Waals surface area contributed by atoms with E-state index in [1.807, 2.05) is 6.92 Å². The molecule has 0 saturated heterocycles. The van der Waals surface area contributed by atoms with E-state index in [0.29, 0.717) is 26.4 Å². The Morgan fingerprint density at radius 1 is 0.968 bits per heavy atom. The summed E-state index contributed by atoms with van der Waals surface area (Å²) in [5.41, 5.74) is 4.72. The Labute approximate surface area is 203 Å². The molecule has 6 nitrogen and oxygen atoms in total. The molecule has 0 unspecified atom stereocenters. The topological polar surface area (TPSA) is 64.1 Å². The van der Waals surface area contributed by atoms with Gasteiger partial charge in [0.2, 0.25) is 0 Å². The molecule has 7 heteroatoms. The van der Waals surface area contributed by atoms with Crippen molar-refractivity contribution in [2.75, 3.05) is 40.5 Å². The first-order valence-electron chi connectivity index (χ1n) is 10.5. The number of benzene rings is 2. The number of aryl methyl sites for hydroxylation is 1. The lowest BCUT2D eigenvalue weighted by molar-refractivity contribution is 0.0453. The monoisotopic (exact) mass is 541 g/mol. The number of hydrogen-bond donors (Lipinski definition) is 2. The van der Waals surface area contributed by atoms with Crippen LogP contribution in [0.2, 0.25) is 0 Å². The first-order valence-corrected chi connectivity index (χ1v) is 10.5. The van der Waals surface area contributed by atoms with E-state index in [-0.39, 0.29) is 24.0 Å². The number of hydrogen-bond acceptors (Lipinski definition) is 4. The predicted octanol–water partition coefficient (Wildman–Crippen LogP) is 4.08. The van der Waals surface area contributed by atoms with E-state index in [1.165, 1.54) is 11.1 Å². The summed E-state index contributed by atoms with van der Waals surface area (Å²) in [6.45, 7) is 8.08. The molecule has 31 heavy (non-hydrogen) atoms. The van der Waals surface area contributed by atoms with Crippen molar-refractivity contribution in [2.24, 2.45) is 4.99 Å². The third-order valence-electron chi connectivity index (χ3n) is 4.70. The minimum absolute atomic E-state index is 0. The number of guanidine groups is 1. The van der Waals surface area contributed by atoms with Gasteiger partial charge in [0.1, 0.15) is 5.75 Å². The molecule has 0 fully saturated rings. The Morgan fingerprint density at radius 3 is 2.48 bits per heavy atom. The summed E-state index contributed by atoms with van der Waals surface area (Å²) >= 11 is 0. The molecular weight excluding hydrogens is 505 g/mol. The maximum absolute atomic E-state index is 5.65. The fraction of sp³-hybridized carbons (Fsp3) is 0.458. The van der Waals surface area contributed by atoms with Crippen LogP contribution in [0.3, 0.4) is 0 Å². The minimum atomic E-state index is 0. The zero-order valence-corrected chi connectivity index (χ0v) is 21.4. The Hall–Kier alpha value is -1.84. The summed E-state index contributed by atoms with van der Waals surface area (Å²) in [5.74, 6) is 1.71. The van der Waals surface area contributed by atoms with Crippen molar-refractivity contribution in [1.29, 1.82) is 0 Å². The Morgan fingerprint density at radius 2 is 1.74 bits per heavy atom. The first-order chi connectivity index (χ1) is 14.7. The van der Waals surface area contributed by atoms with Gasteiger partial charge in [-0.1, -0.05) is 36.4 Å². The van der Waals surface area contributed by atoms with E-state index < -0.39 is 0 Å².